The maximum absolute atomic E-state index is 13.4. The van der Waals surface area contributed by atoms with E-state index in [1.54, 1.807) is 54.6 Å². The third kappa shape index (κ3) is 7.92. The molecule has 0 unspecified atom stereocenters. The van der Waals surface area contributed by atoms with Crippen molar-refractivity contribution < 1.29 is 19.3 Å². The summed E-state index contributed by atoms with van der Waals surface area (Å²) < 4.78 is 0. The number of amides is 3. The van der Waals surface area contributed by atoms with Crippen molar-refractivity contribution in [2.24, 2.45) is 0 Å². The number of nitro benzene ring substituents is 1. The number of benzene rings is 4. The average molecular weight is 581 g/mol. The molecule has 0 heterocycles. The van der Waals surface area contributed by atoms with Gasteiger partial charge < -0.3 is 16.0 Å². The number of nitrogens with one attached hydrogen (secondary N) is 3. The lowest BCUT2D eigenvalue weighted by atomic mass is 10.1. The van der Waals surface area contributed by atoms with Crippen LogP contribution in [0, 0.1) is 24.0 Å². The van der Waals surface area contributed by atoms with Crippen LogP contribution in [0.2, 0.25) is 0 Å². The summed E-state index contributed by atoms with van der Waals surface area (Å²) >= 11 is 1.30. The molecule has 9 nitrogen and oxygen atoms in total. The molecule has 4 aromatic carbocycles. The van der Waals surface area contributed by atoms with Crippen LogP contribution in [0.1, 0.15) is 27.0 Å². The van der Waals surface area contributed by atoms with Crippen molar-refractivity contribution in [2.45, 2.75) is 18.7 Å². The molecule has 0 bridgehead atoms. The number of hydrogen-bond donors (Lipinski definition) is 3. The highest BCUT2D eigenvalue weighted by Crippen LogP contribution is 2.24. The molecule has 4 rings (SSSR count). The fourth-order valence-corrected chi connectivity index (χ4v) is 4.71. The largest absolute Gasteiger partial charge is 0.325 e. The standard InChI is InChI=1S/C32H28N4O5S/c1-21-10-8-16-27(22(21)2)34-30(37)20-42-26-15-9-14-25(19-26)33-32(39)28(35-31(38)23-11-4-3-5-12-23)18-24-13-6-7-17-29(24)36(40)41/h3-19H,20H2,1-2H3,(H,33,39)(H,34,37)(H,35,38)/b28-18+. The topological polar surface area (TPSA) is 130 Å². The Balaban J connectivity index is 1.50. The van der Waals surface area contributed by atoms with Gasteiger partial charge in [-0.3, -0.25) is 24.5 Å². The van der Waals surface area contributed by atoms with Crippen molar-refractivity contribution in [1.29, 1.82) is 0 Å². The van der Waals surface area contributed by atoms with Gasteiger partial charge in [-0.25, -0.2) is 0 Å². The summed E-state index contributed by atoms with van der Waals surface area (Å²) in [5, 5.41) is 19.8. The summed E-state index contributed by atoms with van der Waals surface area (Å²) in [5.41, 5.74) is 3.35. The molecule has 0 radical (unpaired) electrons. The van der Waals surface area contributed by atoms with E-state index in [4.69, 9.17) is 0 Å². The fraction of sp³-hybridized carbons (Fsp3) is 0.0938. The van der Waals surface area contributed by atoms with Crippen LogP contribution in [-0.4, -0.2) is 28.4 Å². The minimum atomic E-state index is -0.674. The number of carbonyl (C=O) groups is 3. The third-order valence-electron chi connectivity index (χ3n) is 6.30. The second-order valence-electron chi connectivity index (χ2n) is 9.26. The van der Waals surface area contributed by atoms with Crippen LogP contribution in [-0.2, 0) is 9.59 Å². The first-order valence-corrected chi connectivity index (χ1v) is 13.9. The Morgan fingerprint density at radius 2 is 1.57 bits per heavy atom. The fourth-order valence-electron chi connectivity index (χ4n) is 3.96. The van der Waals surface area contributed by atoms with Crippen molar-refractivity contribution in [2.75, 3.05) is 16.4 Å². The van der Waals surface area contributed by atoms with E-state index >= 15 is 0 Å². The monoisotopic (exact) mass is 580 g/mol. The van der Waals surface area contributed by atoms with Gasteiger partial charge in [-0.05, 0) is 73.5 Å². The van der Waals surface area contributed by atoms with E-state index in [0.717, 1.165) is 21.7 Å². The van der Waals surface area contributed by atoms with Crippen LogP contribution in [0.15, 0.2) is 108 Å². The first-order valence-electron chi connectivity index (χ1n) is 12.9. The Morgan fingerprint density at radius 3 is 2.33 bits per heavy atom. The maximum Gasteiger partial charge on any atom is 0.276 e. The van der Waals surface area contributed by atoms with Gasteiger partial charge in [0.1, 0.15) is 5.70 Å². The Morgan fingerprint density at radius 1 is 0.857 bits per heavy atom. The molecule has 42 heavy (non-hydrogen) atoms. The molecule has 10 heteroatoms. The van der Waals surface area contributed by atoms with Crippen LogP contribution in [0.4, 0.5) is 17.1 Å². The molecule has 3 N–H and O–H groups in total. The normalized spacial score (nSPS) is 11.0. The Hall–Kier alpha value is -5.22. The van der Waals surface area contributed by atoms with E-state index in [9.17, 15) is 24.5 Å². The number of anilines is 2. The Labute approximate surface area is 247 Å². The number of nitrogens with zero attached hydrogens (tertiary/aromatic N) is 1. The number of thioether (sulfide) groups is 1. The molecule has 3 amide bonds. The smallest absolute Gasteiger partial charge is 0.276 e. The highest BCUT2D eigenvalue weighted by atomic mass is 32.2. The van der Waals surface area contributed by atoms with E-state index in [2.05, 4.69) is 16.0 Å². The van der Waals surface area contributed by atoms with E-state index in [-0.39, 0.29) is 28.6 Å². The number of rotatable bonds is 10. The number of aryl methyl sites for hydroxylation is 1. The van der Waals surface area contributed by atoms with Crippen molar-refractivity contribution in [1.82, 2.24) is 5.32 Å². The lowest BCUT2D eigenvalue weighted by Gasteiger charge is -2.13. The van der Waals surface area contributed by atoms with Gasteiger partial charge >= 0.3 is 0 Å². The predicted molar refractivity (Wildman–Crippen MR) is 165 cm³/mol. The van der Waals surface area contributed by atoms with Crippen molar-refractivity contribution >= 4 is 52.6 Å². The van der Waals surface area contributed by atoms with Crippen LogP contribution < -0.4 is 16.0 Å². The molecule has 0 spiro atoms. The Bertz CT molecular complexity index is 1670. The average Bonchev–Trinajstić information content (AvgIpc) is 2.99. The number of hydrogen-bond acceptors (Lipinski definition) is 6. The SMILES string of the molecule is Cc1cccc(NC(=O)CSc2cccc(NC(=O)/C(=C\c3ccccc3[N+](=O)[O-])NC(=O)c3ccccc3)c2)c1C. The summed E-state index contributed by atoms with van der Waals surface area (Å²) in [6.07, 6.45) is 1.27. The van der Waals surface area contributed by atoms with Crippen LogP contribution >= 0.6 is 11.8 Å². The van der Waals surface area contributed by atoms with Crippen LogP contribution in [0.3, 0.4) is 0 Å². The van der Waals surface area contributed by atoms with Gasteiger partial charge in [0.25, 0.3) is 17.5 Å². The van der Waals surface area contributed by atoms with Crippen molar-refractivity contribution in [3.63, 3.8) is 0 Å². The van der Waals surface area contributed by atoms with Gasteiger partial charge in [0.2, 0.25) is 5.91 Å². The molecule has 4 aromatic rings. The number of carbonyl (C=O) groups excluding carboxylic acids is 3. The predicted octanol–water partition coefficient (Wildman–Crippen LogP) is 6.35. The summed E-state index contributed by atoms with van der Waals surface area (Å²) in [4.78, 5) is 50.6. The van der Waals surface area contributed by atoms with E-state index in [0.29, 0.717) is 11.3 Å². The van der Waals surface area contributed by atoms with Crippen LogP contribution in [0.5, 0.6) is 0 Å². The first-order chi connectivity index (χ1) is 20.2. The van der Waals surface area contributed by atoms with Crippen molar-refractivity contribution in [3.8, 4) is 0 Å². The van der Waals surface area contributed by atoms with E-state index in [1.165, 1.54) is 36.0 Å². The molecule has 0 atom stereocenters. The summed E-state index contributed by atoms with van der Waals surface area (Å²) in [6.45, 7) is 3.93. The maximum atomic E-state index is 13.4. The zero-order chi connectivity index (χ0) is 30.1. The molecule has 212 valence electrons. The third-order valence-corrected chi connectivity index (χ3v) is 7.30. The first kappa shape index (κ1) is 29.8. The number of nitro groups is 1. The van der Waals surface area contributed by atoms with Crippen molar-refractivity contribution in [3.05, 3.63) is 135 Å². The summed E-state index contributed by atoms with van der Waals surface area (Å²) in [6, 6.07) is 26.9. The molecule has 0 saturated heterocycles. The summed E-state index contributed by atoms with van der Waals surface area (Å²) in [7, 11) is 0. The van der Waals surface area contributed by atoms with Gasteiger partial charge in [0.05, 0.1) is 16.2 Å². The van der Waals surface area contributed by atoms with E-state index in [1.807, 2.05) is 38.1 Å². The minimum Gasteiger partial charge on any atom is -0.325 e. The van der Waals surface area contributed by atoms with Gasteiger partial charge in [0, 0.05) is 27.9 Å². The second kappa shape index (κ2) is 13.9. The molecule has 0 saturated carbocycles. The zero-order valence-electron chi connectivity index (χ0n) is 22.9. The minimum absolute atomic E-state index is 0.153. The molecular weight excluding hydrogens is 552 g/mol. The Kier molecular flexibility index (Phi) is 9.85. The molecule has 0 aromatic heterocycles. The molecule has 0 aliphatic carbocycles. The molecule has 0 aliphatic rings. The lowest BCUT2D eigenvalue weighted by molar-refractivity contribution is -0.385. The molecule has 0 fully saturated rings. The van der Waals surface area contributed by atoms with Gasteiger partial charge in [-0.2, -0.15) is 0 Å². The summed E-state index contributed by atoms with van der Waals surface area (Å²) in [5.74, 6) is -1.23. The van der Waals surface area contributed by atoms with Gasteiger partial charge in [-0.1, -0.05) is 48.5 Å². The lowest BCUT2D eigenvalue weighted by Crippen LogP contribution is -2.30. The quantitative estimate of drug-likeness (QED) is 0.0867. The van der Waals surface area contributed by atoms with E-state index < -0.39 is 16.7 Å². The van der Waals surface area contributed by atoms with Gasteiger partial charge in [0.15, 0.2) is 0 Å². The van der Waals surface area contributed by atoms with Crippen LogP contribution in [0.25, 0.3) is 6.08 Å². The zero-order valence-corrected chi connectivity index (χ0v) is 23.7. The number of para-hydroxylation sites is 1. The molecular formula is C32H28N4O5S. The second-order valence-corrected chi connectivity index (χ2v) is 10.3. The highest BCUT2D eigenvalue weighted by molar-refractivity contribution is 8.00. The highest BCUT2D eigenvalue weighted by Gasteiger charge is 2.18. The van der Waals surface area contributed by atoms with Gasteiger partial charge in [-0.15, -0.1) is 11.8 Å². The molecule has 0 aliphatic heterocycles.